The highest BCUT2D eigenvalue weighted by molar-refractivity contribution is 7.91. The van der Waals surface area contributed by atoms with Crippen LogP contribution in [0.5, 0.6) is 0 Å². The highest BCUT2D eigenvalue weighted by atomic mass is 32.2. The number of ether oxygens (including phenoxy) is 2. The van der Waals surface area contributed by atoms with E-state index in [1.165, 1.54) is 12.2 Å². The molecule has 0 bridgehead atoms. The van der Waals surface area contributed by atoms with Crippen LogP contribution >= 0.6 is 0 Å². The van der Waals surface area contributed by atoms with E-state index in [0.29, 0.717) is 11.1 Å². The van der Waals surface area contributed by atoms with Gasteiger partial charge in [-0.1, -0.05) is 61.7 Å². The summed E-state index contributed by atoms with van der Waals surface area (Å²) in [6, 6.07) is 16.4. The second-order valence-electron chi connectivity index (χ2n) is 6.17. The standard InChI is InChI=1S/C22H22O6S/c1-3-19(27-21(23)17-11-7-5-8-12-17)15-29(25,26)16-20(4-2)28-22(24)18-13-9-6-10-14-18/h3-14,19-20H,1-2,15-16H2. The first-order valence-corrected chi connectivity index (χ1v) is 10.6. The Morgan fingerprint density at radius 1 is 0.759 bits per heavy atom. The van der Waals surface area contributed by atoms with Crippen LogP contribution in [0.15, 0.2) is 86.0 Å². The van der Waals surface area contributed by atoms with E-state index >= 15 is 0 Å². The highest BCUT2D eigenvalue weighted by Gasteiger charge is 2.25. The topological polar surface area (TPSA) is 86.7 Å². The second kappa shape index (κ2) is 10.4. The maximum atomic E-state index is 12.5. The molecule has 152 valence electrons. The molecule has 0 aliphatic rings. The van der Waals surface area contributed by atoms with Gasteiger partial charge in [-0.2, -0.15) is 0 Å². The van der Waals surface area contributed by atoms with Gasteiger partial charge in [-0.05, 0) is 24.3 Å². The van der Waals surface area contributed by atoms with E-state index in [4.69, 9.17) is 9.47 Å². The zero-order valence-electron chi connectivity index (χ0n) is 15.8. The van der Waals surface area contributed by atoms with Crippen LogP contribution in [0.25, 0.3) is 0 Å². The molecule has 0 aromatic heterocycles. The van der Waals surface area contributed by atoms with Crippen LogP contribution in [0.3, 0.4) is 0 Å². The maximum absolute atomic E-state index is 12.5. The molecule has 2 unspecified atom stereocenters. The number of esters is 2. The van der Waals surface area contributed by atoms with E-state index in [0.717, 1.165) is 0 Å². The third kappa shape index (κ3) is 7.04. The fourth-order valence-electron chi connectivity index (χ4n) is 2.43. The van der Waals surface area contributed by atoms with Crippen molar-refractivity contribution in [3.63, 3.8) is 0 Å². The van der Waals surface area contributed by atoms with Crippen molar-refractivity contribution < 1.29 is 27.5 Å². The molecule has 0 radical (unpaired) electrons. The lowest BCUT2D eigenvalue weighted by molar-refractivity contribution is 0.0430. The van der Waals surface area contributed by atoms with E-state index < -0.39 is 45.5 Å². The van der Waals surface area contributed by atoms with Crippen LogP contribution in [-0.2, 0) is 19.3 Å². The lowest BCUT2D eigenvalue weighted by atomic mass is 10.2. The quantitative estimate of drug-likeness (QED) is 0.438. The van der Waals surface area contributed by atoms with Crippen LogP contribution in [0.4, 0.5) is 0 Å². The molecular formula is C22H22O6S. The predicted molar refractivity (Wildman–Crippen MR) is 110 cm³/mol. The number of hydrogen-bond acceptors (Lipinski definition) is 6. The largest absolute Gasteiger partial charge is 0.453 e. The number of hydrogen-bond donors (Lipinski definition) is 0. The molecule has 6 nitrogen and oxygen atoms in total. The summed E-state index contributed by atoms with van der Waals surface area (Å²) in [6.45, 7) is 7.06. The van der Waals surface area contributed by atoms with Crippen molar-refractivity contribution in [3.05, 3.63) is 97.1 Å². The molecule has 0 amide bonds. The molecule has 0 fully saturated rings. The van der Waals surface area contributed by atoms with Gasteiger partial charge in [-0.25, -0.2) is 18.0 Å². The number of sulfone groups is 1. The molecular weight excluding hydrogens is 392 g/mol. The zero-order chi connectivity index (χ0) is 21.3. The average molecular weight is 414 g/mol. The van der Waals surface area contributed by atoms with Crippen molar-refractivity contribution in [2.75, 3.05) is 11.5 Å². The Morgan fingerprint density at radius 3 is 1.41 bits per heavy atom. The summed E-state index contributed by atoms with van der Waals surface area (Å²) in [6.07, 6.45) is 0.417. The van der Waals surface area contributed by atoms with Gasteiger partial charge in [-0.15, -0.1) is 0 Å². The van der Waals surface area contributed by atoms with Crippen molar-refractivity contribution in [3.8, 4) is 0 Å². The minimum atomic E-state index is -3.76. The summed E-state index contributed by atoms with van der Waals surface area (Å²) in [5, 5.41) is 0. The lowest BCUT2D eigenvalue weighted by Gasteiger charge is -2.17. The van der Waals surface area contributed by atoms with Gasteiger partial charge in [0.15, 0.2) is 9.84 Å². The Bertz CT molecular complexity index is 878. The van der Waals surface area contributed by atoms with Crippen LogP contribution in [0.2, 0.25) is 0 Å². The Morgan fingerprint density at radius 2 is 1.10 bits per heavy atom. The molecule has 0 aliphatic carbocycles. The van der Waals surface area contributed by atoms with Crippen LogP contribution < -0.4 is 0 Å². The van der Waals surface area contributed by atoms with E-state index in [1.54, 1.807) is 60.7 Å². The van der Waals surface area contributed by atoms with Gasteiger partial charge in [0.25, 0.3) is 0 Å². The van der Waals surface area contributed by atoms with Crippen molar-refractivity contribution in [2.24, 2.45) is 0 Å². The van der Waals surface area contributed by atoms with Crippen molar-refractivity contribution in [2.45, 2.75) is 12.2 Å². The highest BCUT2D eigenvalue weighted by Crippen LogP contribution is 2.11. The van der Waals surface area contributed by atoms with E-state index in [9.17, 15) is 18.0 Å². The Kier molecular flexibility index (Phi) is 7.91. The Balaban J connectivity index is 1.98. The molecule has 2 aromatic carbocycles. The third-order valence-corrected chi connectivity index (χ3v) is 5.57. The minimum Gasteiger partial charge on any atom is -0.453 e. The summed E-state index contributed by atoms with van der Waals surface area (Å²) in [7, 11) is -3.76. The smallest absolute Gasteiger partial charge is 0.338 e. The number of rotatable bonds is 10. The summed E-state index contributed by atoms with van der Waals surface area (Å²) in [4.78, 5) is 24.3. The van der Waals surface area contributed by atoms with Crippen LogP contribution in [0.1, 0.15) is 20.7 Å². The minimum absolute atomic E-state index is 0.303. The maximum Gasteiger partial charge on any atom is 0.338 e. The van der Waals surface area contributed by atoms with E-state index in [-0.39, 0.29) is 0 Å². The van der Waals surface area contributed by atoms with Gasteiger partial charge >= 0.3 is 11.9 Å². The summed E-state index contributed by atoms with van der Waals surface area (Å²) in [5.41, 5.74) is 0.606. The van der Waals surface area contributed by atoms with Gasteiger partial charge in [-0.3, -0.25) is 0 Å². The first-order valence-electron chi connectivity index (χ1n) is 8.82. The van der Waals surface area contributed by atoms with Gasteiger partial charge in [0, 0.05) is 0 Å². The first-order chi connectivity index (χ1) is 13.8. The van der Waals surface area contributed by atoms with E-state index in [1.807, 2.05) is 0 Å². The monoisotopic (exact) mass is 414 g/mol. The molecule has 2 aromatic rings. The molecule has 0 aliphatic heterocycles. The van der Waals surface area contributed by atoms with Gasteiger partial charge in [0.2, 0.25) is 0 Å². The molecule has 2 rings (SSSR count). The number of carbonyl (C=O) groups is 2. The van der Waals surface area contributed by atoms with Gasteiger partial charge in [0.1, 0.15) is 12.2 Å². The van der Waals surface area contributed by atoms with Crippen molar-refractivity contribution in [1.82, 2.24) is 0 Å². The molecule has 7 heteroatoms. The molecule has 0 saturated carbocycles. The van der Waals surface area contributed by atoms with Crippen LogP contribution in [-0.4, -0.2) is 44.1 Å². The zero-order valence-corrected chi connectivity index (χ0v) is 16.6. The fraction of sp³-hybridized carbons (Fsp3) is 0.182. The summed E-state index contributed by atoms with van der Waals surface area (Å²) >= 11 is 0. The number of benzene rings is 2. The Hall–Kier alpha value is -3.19. The van der Waals surface area contributed by atoms with Gasteiger partial charge in [0.05, 0.1) is 22.6 Å². The first kappa shape index (κ1) is 22.1. The predicted octanol–water partition coefficient (Wildman–Crippen LogP) is 3.22. The summed E-state index contributed by atoms with van der Waals surface area (Å²) < 4.78 is 35.5. The van der Waals surface area contributed by atoms with Crippen molar-refractivity contribution >= 4 is 21.8 Å². The molecule has 0 spiro atoms. The Labute approximate surface area is 170 Å². The number of carbonyl (C=O) groups excluding carboxylic acids is 2. The average Bonchev–Trinajstić information content (AvgIpc) is 2.73. The normalized spacial score (nSPS) is 13.0. The molecule has 0 heterocycles. The summed E-state index contributed by atoms with van der Waals surface area (Å²) in [5.74, 6) is -2.27. The molecule has 2 atom stereocenters. The molecule has 29 heavy (non-hydrogen) atoms. The second-order valence-corrected chi connectivity index (χ2v) is 8.32. The third-order valence-electron chi connectivity index (χ3n) is 3.90. The van der Waals surface area contributed by atoms with Crippen molar-refractivity contribution in [1.29, 1.82) is 0 Å². The van der Waals surface area contributed by atoms with E-state index in [2.05, 4.69) is 13.2 Å². The van der Waals surface area contributed by atoms with Gasteiger partial charge < -0.3 is 9.47 Å². The van der Waals surface area contributed by atoms with Crippen LogP contribution in [0, 0.1) is 0 Å². The lowest BCUT2D eigenvalue weighted by Crippen LogP contribution is -2.32. The SMILES string of the molecule is C=CC(CS(=O)(=O)CC(C=C)OC(=O)c1ccccc1)OC(=O)c1ccccc1. The fourth-order valence-corrected chi connectivity index (χ4v) is 3.97. The molecule has 0 N–H and O–H groups in total. The molecule has 0 saturated heterocycles.